The van der Waals surface area contributed by atoms with Crippen molar-refractivity contribution in [3.63, 3.8) is 0 Å². The quantitative estimate of drug-likeness (QED) is 0.0289. The summed E-state index contributed by atoms with van der Waals surface area (Å²) >= 11 is 0. The SMILES string of the molecule is C.C.C.CCCCOc1nc(N)c([N+](=O)[O-])c(N(CCC(=O)OCC)Cc2cccc(CN3CCCC3)c2)n1.CCCCOc1nc(N)c2c(n1)N(Cc1cccc(CN3CCCC3)c1)CCC(=O)N2. The third kappa shape index (κ3) is 17.3. The van der Waals surface area contributed by atoms with Crippen molar-refractivity contribution in [2.75, 3.05) is 85.7 Å². The van der Waals surface area contributed by atoms with Gasteiger partial charge in [0.25, 0.3) is 0 Å². The molecule has 2 aromatic carbocycles. The Morgan fingerprint density at radius 1 is 0.757 bits per heavy atom. The van der Waals surface area contributed by atoms with Crippen molar-refractivity contribution in [2.45, 2.75) is 133 Å². The number of unbranched alkanes of at least 4 members (excludes halogenated alkanes) is 2. The molecule has 5 N–H and O–H groups in total. The molecule has 19 nitrogen and oxygen atoms in total. The number of nitrogens with two attached hydrogens (primary N) is 2. The molecule has 19 heteroatoms. The Bertz CT molecular complexity index is 2250. The van der Waals surface area contributed by atoms with Crippen LogP contribution in [0.25, 0.3) is 0 Å². The highest BCUT2D eigenvalue weighted by Gasteiger charge is 2.29. The van der Waals surface area contributed by atoms with Crippen LogP contribution in [-0.4, -0.2) is 106 Å². The second kappa shape index (κ2) is 29.6. The maximum atomic E-state index is 12.3. The van der Waals surface area contributed by atoms with Crippen LogP contribution >= 0.6 is 0 Å². The van der Waals surface area contributed by atoms with Crippen LogP contribution in [0.1, 0.15) is 130 Å². The number of fused-ring (bicyclic) bond motifs is 1. The van der Waals surface area contributed by atoms with Crippen LogP contribution in [-0.2, 0) is 40.5 Å². The summed E-state index contributed by atoms with van der Waals surface area (Å²) in [6.07, 6.45) is 9.04. The van der Waals surface area contributed by atoms with Gasteiger partial charge >= 0.3 is 23.7 Å². The highest BCUT2D eigenvalue weighted by atomic mass is 16.6. The van der Waals surface area contributed by atoms with E-state index in [0.717, 1.165) is 57.4 Å². The summed E-state index contributed by atoms with van der Waals surface area (Å²) in [4.78, 5) is 61.6. The molecule has 0 unspecified atom stereocenters. The Morgan fingerprint density at radius 3 is 1.84 bits per heavy atom. The van der Waals surface area contributed by atoms with Crippen LogP contribution in [0.4, 0.5) is 34.6 Å². The van der Waals surface area contributed by atoms with Crippen LogP contribution in [0, 0.1) is 10.1 Å². The van der Waals surface area contributed by atoms with E-state index in [2.05, 4.69) is 83.3 Å². The number of nitrogen functional groups attached to an aromatic ring is 2. The predicted molar refractivity (Wildman–Crippen MR) is 279 cm³/mol. The van der Waals surface area contributed by atoms with E-state index in [0.29, 0.717) is 50.8 Å². The first kappa shape index (κ1) is 58.0. The van der Waals surface area contributed by atoms with E-state index >= 15 is 0 Å². The monoisotopic (exact) mass is 973 g/mol. The zero-order valence-electron chi connectivity index (χ0n) is 39.4. The molecule has 3 aliphatic heterocycles. The molecule has 5 heterocycles. The molecule has 0 radical (unpaired) electrons. The topological polar surface area (TPSA) is 234 Å². The molecule has 0 atom stereocenters. The number of aromatic nitrogens is 4. The standard InChI is InChI=1S/C25H36N6O5.C23H32N6O2.3CH4/c1-3-5-15-36-25-27-23(26)22(31(33)34)24(28-25)30(14-11-21(32)35-4-2)18-20-10-8-9-19(16-20)17-29-12-6-7-13-29;1-2-3-13-31-23-26-21(24)20-22(27-23)29(12-9-19(30)25-20)16-18-8-6-7-17(14-18)15-28-10-4-5-11-28;;;/h8-10,16H,3-7,11-15,17-18H2,1-2H3,(H2,26,27,28);6-8,14H,2-5,9-13,15-16H2,1H3,(H,25,30)(H2,24,26,27);3*1H4. The minimum atomic E-state index is -0.596. The molecule has 3 aliphatic rings. The van der Waals surface area contributed by atoms with Gasteiger partial charge in [-0.2, -0.15) is 19.9 Å². The maximum absolute atomic E-state index is 12.3. The van der Waals surface area contributed by atoms with E-state index in [1.807, 2.05) is 19.1 Å². The lowest BCUT2D eigenvalue weighted by Gasteiger charge is -2.24. The number of likely N-dealkylation sites (tertiary alicyclic amines) is 2. The normalized spacial score (nSPS) is 14.3. The molecule has 2 saturated heterocycles. The molecule has 1 amide bonds. The summed E-state index contributed by atoms with van der Waals surface area (Å²) in [5, 5.41) is 14.8. The van der Waals surface area contributed by atoms with E-state index in [9.17, 15) is 19.7 Å². The number of nitro groups is 1. The van der Waals surface area contributed by atoms with Crippen LogP contribution in [0.3, 0.4) is 0 Å². The van der Waals surface area contributed by atoms with Crippen LogP contribution in [0.15, 0.2) is 48.5 Å². The van der Waals surface area contributed by atoms with Crippen molar-refractivity contribution in [1.29, 1.82) is 0 Å². The largest absolute Gasteiger partial charge is 0.466 e. The second-order valence-corrected chi connectivity index (χ2v) is 17.1. The zero-order valence-corrected chi connectivity index (χ0v) is 39.4. The van der Waals surface area contributed by atoms with Gasteiger partial charge in [0.2, 0.25) is 17.5 Å². The van der Waals surface area contributed by atoms with Gasteiger partial charge < -0.3 is 40.8 Å². The molecular formula is C51H80N12O7. The van der Waals surface area contributed by atoms with E-state index in [-0.39, 0.29) is 77.2 Å². The average molecular weight is 973 g/mol. The lowest BCUT2D eigenvalue weighted by Crippen LogP contribution is -2.29. The zero-order chi connectivity index (χ0) is 47.5. The number of hydrogen-bond acceptors (Lipinski definition) is 17. The lowest BCUT2D eigenvalue weighted by atomic mass is 10.1. The third-order valence-electron chi connectivity index (χ3n) is 11.7. The Hall–Kier alpha value is -6.34. The summed E-state index contributed by atoms with van der Waals surface area (Å²) in [5.74, 6) is 0.124. The fourth-order valence-electron chi connectivity index (χ4n) is 8.28. The first-order valence-corrected chi connectivity index (χ1v) is 23.8. The maximum Gasteiger partial charge on any atom is 0.353 e. The van der Waals surface area contributed by atoms with Crippen LogP contribution in [0.2, 0.25) is 0 Å². The molecule has 0 bridgehead atoms. The predicted octanol–water partition coefficient (Wildman–Crippen LogP) is 8.79. The third-order valence-corrected chi connectivity index (χ3v) is 11.7. The fourth-order valence-corrected chi connectivity index (χ4v) is 8.28. The summed E-state index contributed by atoms with van der Waals surface area (Å²) in [7, 11) is 0. The molecule has 4 aromatic rings. The number of carbonyl (C=O) groups excluding carboxylic acids is 2. The van der Waals surface area contributed by atoms with Gasteiger partial charge in [0.1, 0.15) is 5.69 Å². The molecule has 386 valence electrons. The van der Waals surface area contributed by atoms with E-state index < -0.39 is 16.6 Å². The van der Waals surface area contributed by atoms with Crippen molar-refractivity contribution >= 4 is 46.5 Å². The van der Waals surface area contributed by atoms with Crippen LogP contribution in [0.5, 0.6) is 12.0 Å². The van der Waals surface area contributed by atoms with Gasteiger partial charge in [-0.05, 0) is 93.9 Å². The highest BCUT2D eigenvalue weighted by Crippen LogP contribution is 2.35. The summed E-state index contributed by atoms with van der Waals surface area (Å²) in [6.45, 7) is 15.0. The van der Waals surface area contributed by atoms with Gasteiger partial charge in [0.05, 0.1) is 31.2 Å². The Labute approximate surface area is 415 Å². The number of hydrogen-bond donors (Lipinski definition) is 3. The minimum Gasteiger partial charge on any atom is -0.466 e. The number of ether oxygens (including phenoxy) is 3. The van der Waals surface area contributed by atoms with Crippen molar-refractivity contribution in [3.05, 3.63) is 80.9 Å². The van der Waals surface area contributed by atoms with Crippen molar-refractivity contribution in [3.8, 4) is 12.0 Å². The van der Waals surface area contributed by atoms with Crippen LogP contribution < -0.4 is 36.1 Å². The number of rotatable bonds is 22. The second-order valence-electron chi connectivity index (χ2n) is 17.1. The Balaban J connectivity index is 0.000000358. The highest BCUT2D eigenvalue weighted by molar-refractivity contribution is 5.98. The molecular weight excluding hydrogens is 893 g/mol. The molecule has 2 aromatic heterocycles. The summed E-state index contributed by atoms with van der Waals surface area (Å²) in [5.41, 5.74) is 16.8. The minimum absolute atomic E-state index is 0. The number of nitrogens with zero attached hydrogens (tertiary/aromatic N) is 9. The van der Waals surface area contributed by atoms with Gasteiger partial charge in [-0.15, -0.1) is 0 Å². The number of carbonyl (C=O) groups is 2. The first-order valence-electron chi connectivity index (χ1n) is 23.8. The van der Waals surface area contributed by atoms with Gasteiger partial charge in [0.15, 0.2) is 11.6 Å². The van der Waals surface area contributed by atoms with Crippen molar-refractivity contribution in [2.24, 2.45) is 0 Å². The van der Waals surface area contributed by atoms with Gasteiger partial charge in [-0.1, -0.05) is 97.5 Å². The van der Waals surface area contributed by atoms with E-state index in [1.165, 1.54) is 55.5 Å². The fraction of sp³-hybridized carbons (Fsp3) is 0.569. The number of benzene rings is 2. The Morgan fingerprint density at radius 2 is 1.29 bits per heavy atom. The summed E-state index contributed by atoms with van der Waals surface area (Å²) in [6, 6.07) is 17.0. The Kier molecular flexibility index (Phi) is 24.5. The molecule has 0 aliphatic carbocycles. The van der Waals surface area contributed by atoms with Crippen molar-refractivity contribution < 1.29 is 28.7 Å². The molecule has 70 heavy (non-hydrogen) atoms. The molecule has 0 saturated carbocycles. The lowest BCUT2D eigenvalue weighted by molar-refractivity contribution is -0.383. The van der Waals surface area contributed by atoms with E-state index in [4.69, 9.17) is 25.7 Å². The van der Waals surface area contributed by atoms with Crippen molar-refractivity contribution in [1.82, 2.24) is 29.7 Å². The van der Waals surface area contributed by atoms with Gasteiger partial charge in [-0.25, -0.2) is 0 Å². The number of anilines is 5. The molecule has 7 rings (SSSR count). The number of amides is 1. The molecule has 2 fully saturated rings. The average Bonchev–Trinajstić information content (AvgIpc) is 4.00. The number of esters is 1. The molecule has 0 spiro atoms. The smallest absolute Gasteiger partial charge is 0.353 e. The first-order chi connectivity index (χ1) is 32.5. The van der Waals surface area contributed by atoms with Gasteiger partial charge in [0, 0.05) is 45.7 Å². The summed E-state index contributed by atoms with van der Waals surface area (Å²) < 4.78 is 16.4. The van der Waals surface area contributed by atoms with Gasteiger partial charge in [-0.3, -0.25) is 29.5 Å². The number of nitrogens with one attached hydrogen (secondary N) is 1. The van der Waals surface area contributed by atoms with E-state index in [1.54, 1.807) is 11.8 Å².